The lowest BCUT2D eigenvalue weighted by Crippen LogP contribution is -2.51. The maximum atomic E-state index is 6.32. The summed E-state index contributed by atoms with van der Waals surface area (Å²) in [5.74, 6) is 0.894. The first kappa shape index (κ1) is 20.1. The van der Waals surface area contributed by atoms with Gasteiger partial charge in [0.05, 0.1) is 6.10 Å². The molecule has 25 heavy (non-hydrogen) atoms. The van der Waals surface area contributed by atoms with Gasteiger partial charge < -0.3 is 19.5 Å². The van der Waals surface area contributed by atoms with Crippen LogP contribution in [0.3, 0.4) is 0 Å². The van der Waals surface area contributed by atoms with Crippen LogP contribution in [-0.4, -0.2) is 31.0 Å². The molecule has 2 atom stereocenters. The van der Waals surface area contributed by atoms with Gasteiger partial charge in [0.2, 0.25) is 0 Å². The van der Waals surface area contributed by atoms with Crippen molar-refractivity contribution in [2.24, 2.45) is 0 Å². The molecule has 0 bridgehead atoms. The number of hydrogen-bond acceptors (Lipinski definition) is 4. The molecule has 1 aliphatic heterocycles. The summed E-state index contributed by atoms with van der Waals surface area (Å²) in [6.07, 6.45) is 3.31. The van der Waals surface area contributed by atoms with Gasteiger partial charge in [-0.05, 0) is 59.2 Å². The Kier molecular flexibility index (Phi) is 7.14. The zero-order valence-corrected chi connectivity index (χ0v) is 16.7. The quantitative estimate of drug-likeness (QED) is 0.612. The second kappa shape index (κ2) is 8.91. The average molecular weight is 350 g/mol. The molecule has 2 rings (SSSR count). The Bertz CT molecular complexity index is 542. The lowest BCUT2D eigenvalue weighted by atomic mass is 9.87. The molecule has 1 aromatic rings. The summed E-state index contributed by atoms with van der Waals surface area (Å²) in [4.78, 5) is 0. The molecule has 0 aromatic heterocycles. The summed E-state index contributed by atoms with van der Waals surface area (Å²) in [7, 11) is 0. The molecule has 2 unspecified atom stereocenters. The second-order valence-electron chi connectivity index (χ2n) is 7.59. The molecule has 4 heteroatoms. The highest BCUT2D eigenvalue weighted by Crippen LogP contribution is 2.44. The molecule has 0 radical (unpaired) electrons. The molecular formula is C21H35NO3. The van der Waals surface area contributed by atoms with Gasteiger partial charge in [0, 0.05) is 24.4 Å². The van der Waals surface area contributed by atoms with Crippen molar-refractivity contribution in [3.05, 3.63) is 23.8 Å². The lowest BCUT2D eigenvalue weighted by Gasteiger charge is -2.45. The normalized spacial score (nSPS) is 21.7. The minimum atomic E-state index is -0.432. The number of hydrogen-bond donors (Lipinski definition) is 1. The largest absolute Gasteiger partial charge is 0.485 e. The third kappa shape index (κ3) is 5.11. The third-order valence-corrected chi connectivity index (χ3v) is 4.49. The third-order valence-electron chi connectivity index (χ3n) is 4.49. The highest BCUT2D eigenvalue weighted by Gasteiger charge is 2.45. The van der Waals surface area contributed by atoms with Crippen LogP contribution in [0.1, 0.15) is 72.5 Å². The van der Waals surface area contributed by atoms with Crippen LogP contribution in [0.5, 0.6) is 5.75 Å². The van der Waals surface area contributed by atoms with Crippen LogP contribution in [0, 0.1) is 0 Å². The Morgan fingerprint density at radius 3 is 2.60 bits per heavy atom. The van der Waals surface area contributed by atoms with Crippen LogP contribution < -0.4 is 10.1 Å². The number of nitrogens with one attached hydrogen (secondary N) is 1. The van der Waals surface area contributed by atoms with Gasteiger partial charge in [0.15, 0.2) is 0 Å². The van der Waals surface area contributed by atoms with E-state index < -0.39 is 5.60 Å². The van der Waals surface area contributed by atoms with Crippen molar-refractivity contribution in [2.75, 3.05) is 18.5 Å². The molecular weight excluding hydrogens is 314 g/mol. The predicted octanol–water partition coefficient (Wildman–Crippen LogP) is 5.33. The Morgan fingerprint density at radius 2 is 1.96 bits per heavy atom. The number of benzene rings is 1. The van der Waals surface area contributed by atoms with Crippen LogP contribution in [0.2, 0.25) is 0 Å². The highest BCUT2D eigenvalue weighted by atomic mass is 16.6. The molecule has 0 saturated heterocycles. The zero-order valence-electron chi connectivity index (χ0n) is 16.7. The summed E-state index contributed by atoms with van der Waals surface area (Å²) in [5.41, 5.74) is 1.73. The fourth-order valence-electron chi connectivity index (χ4n) is 3.34. The van der Waals surface area contributed by atoms with Crippen molar-refractivity contribution in [3.8, 4) is 5.75 Å². The van der Waals surface area contributed by atoms with E-state index in [0.29, 0.717) is 0 Å². The molecule has 0 spiro atoms. The maximum Gasteiger partial charge on any atom is 0.132 e. The molecule has 0 fully saturated rings. The van der Waals surface area contributed by atoms with Crippen LogP contribution >= 0.6 is 0 Å². The smallest absolute Gasteiger partial charge is 0.132 e. The van der Waals surface area contributed by atoms with Crippen LogP contribution in [0.15, 0.2) is 18.2 Å². The lowest BCUT2D eigenvalue weighted by molar-refractivity contribution is -0.173. The summed E-state index contributed by atoms with van der Waals surface area (Å²) in [5, 5.41) is 3.38. The van der Waals surface area contributed by atoms with Crippen LogP contribution in [-0.2, 0) is 9.47 Å². The fraction of sp³-hybridized carbons (Fsp3) is 0.714. The molecule has 142 valence electrons. The second-order valence-corrected chi connectivity index (χ2v) is 7.59. The van der Waals surface area contributed by atoms with Crippen LogP contribution in [0.25, 0.3) is 0 Å². The molecule has 1 heterocycles. The minimum Gasteiger partial charge on any atom is -0.485 e. The van der Waals surface area contributed by atoms with Crippen molar-refractivity contribution in [1.29, 1.82) is 0 Å². The number of fused-ring (bicyclic) bond motifs is 1. The van der Waals surface area contributed by atoms with Gasteiger partial charge in [-0.1, -0.05) is 19.8 Å². The first-order valence-corrected chi connectivity index (χ1v) is 9.73. The number of rotatable bonds is 9. The molecule has 0 amide bonds. The van der Waals surface area contributed by atoms with Crippen molar-refractivity contribution in [3.63, 3.8) is 0 Å². The Hall–Kier alpha value is -1.26. The maximum absolute atomic E-state index is 6.32. The van der Waals surface area contributed by atoms with Gasteiger partial charge in [0.25, 0.3) is 0 Å². The number of ether oxygens (including phenoxy) is 3. The Labute approximate surface area is 153 Å². The van der Waals surface area contributed by atoms with Gasteiger partial charge in [-0.3, -0.25) is 0 Å². The van der Waals surface area contributed by atoms with E-state index in [2.05, 4.69) is 59.0 Å². The summed E-state index contributed by atoms with van der Waals surface area (Å²) < 4.78 is 18.9. The van der Waals surface area contributed by atoms with E-state index >= 15 is 0 Å². The number of unbranched alkanes of at least 4 members (excludes halogenated alkanes) is 2. The van der Waals surface area contributed by atoms with E-state index in [4.69, 9.17) is 14.2 Å². The highest BCUT2D eigenvalue weighted by molar-refractivity contribution is 5.53. The van der Waals surface area contributed by atoms with Crippen molar-refractivity contribution < 1.29 is 14.2 Å². The predicted molar refractivity (Wildman–Crippen MR) is 104 cm³/mol. The SMILES string of the molecule is CCCCCOC1C(OC(C)C)c2cc(NCC)ccc2OC1(C)C. The summed E-state index contributed by atoms with van der Waals surface area (Å²) in [6.45, 7) is 14.3. The monoisotopic (exact) mass is 349 g/mol. The molecule has 0 aliphatic carbocycles. The van der Waals surface area contributed by atoms with E-state index in [9.17, 15) is 0 Å². The van der Waals surface area contributed by atoms with E-state index in [1.165, 1.54) is 12.8 Å². The number of anilines is 1. The van der Waals surface area contributed by atoms with E-state index in [-0.39, 0.29) is 18.3 Å². The molecule has 0 saturated carbocycles. The zero-order chi connectivity index (χ0) is 18.4. The Balaban J connectivity index is 2.31. The van der Waals surface area contributed by atoms with E-state index in [1.54, 1.807) is 0 Å². The average Bonchev–Trinajstić information content (AvgIpc) is 2.53. The summed E-state index contributed by atoms with van der Waals surface area (Å²) in [6, 6.07) is 6.25. The van der Waals surface area contributed by atoms with E-state index in [0.717, 1.165) is 36.6 Å². The molecule has 4 nitrogen and oxygen atoms in total. The van der Waals surface area contributed by atoms with Crippen LogP contribution in [0.4, 0.5) is 5.69 Å². The van der Waals surface area contributed by atoms with Crippen molar-refractivity contribution in [2.45, 2.75) is 84.7 Å². The standard InChI is InChI=1S/C21H35NO3/c1-7-9-10-13-23-20-19(24-15(3)4)17-14-16(22-8-2)11-12-18(17)25-21(20,5)6/h11-12,14-15,19-20,22H,7-10,13H2,1-6H3. The molecule has 1 aliphatic rings. The molecule has 1 aromatic carbocycles. The van der Waals surface area contributed by atoms with Gasteiger partial charge in [-0.25, -0.2) is 0 Å². The van der Waals surface area contributed by atoms with Crippen molar-refractivity contribution in [1.82, 2.24) is 0 Å². The van der Waals surface area contributed by atoms with Gasteiger partial charge in [-0.15, -0.1) is 0 Å². The topological polar surface area (TPSA) is 39.7 Å². The van der Waals surface area contributed by atoms with Gasteiger partial charge >= 0.3 is 0 Å². The first-order chi connectivity index (χ1) is 11.9. The van der Waals surface area contributed by atoms with Crippen molar-refractivity contribution >= 4 is 5.69 Å². The summed E-state index contributed by atoms with van der Waals surface area (Å²) >= 11 is 0. The minimum absolute atomic E-state index is 0.122. The first-order valence-electron chi connectivity index (χ1n) is 9.73. The molecule has 1 N–H and O–H groups in total. The van der Waals surface area contributed by atoms with Gasteiger partial charge in [-0.2, -0.15) is 0 Å². The fourth-order valence-corrected chi connectivity index (χ4v) is 3.34. The van der Waals surface area contributed by atoms with Gasteiger partial charge in [0.1, 0.15) is 23.6 Å². The Morgan fingerprint density at radius 1 is 1.20 bits per heavy atom. The van der Waals surface area contributed by atoms with E-state index in [1.807, 2.05) is 6.07 Å².